The van der Waals surface area contributed by atoms with Crippen molar-refractivity contribution in [2.45, 2.75) is 164 Å². The Morgan fingerprint density at radius 2 is 0.732 bits per heavy atom. The molecule has 9 N–H and O–H groups in total. The van der Waals surface area contributed by atoms with Crippen LogP contribution in [0.4, 0.5) is 92.3 Å². The number of amides is 6. The normalized spacial score (nSPS) is 17.1. The van der Waals surface area contributed by atoms with E-state index < -0.39 is 84.2 Å². The highest BCUT2D eigenvalue weighted by molar-refractivity contribution is 6.32. The van der Waals surface area contributed by atoms with Crippen LogP contribution >= 0.6 is 34.8 Å². The molecule has 1 saturated carbocycles. The fraction of sp³-hybridized carbons (Fsp3) is 0.431. The van der Waals surface area contributed by atoms with Crippen LogP contribution in [0.3, 0.4) is 0 Å². The molecule has 6 amide bonds. The van der Waals surface area contributed by atoms with Gasteiger partial charge in [0.25, 0.3) is 17.7 Å². The lowest BCUT2D eigenvalue weighted by molar-refractivity contribution is -0.156. The Bertz CT molecular complexity index is 6270. The molecule has 0 saturated heterocycles. The van der Waals surface area contributed by atoms with Crippen LogP contribution in [0.2, 0.25) is 15.1 Å². The maximum absolute atomic E-state index is 13.9. The fourth-order valence-corrected chi connectivity index (χ4v) is 16.1. The molecule has 18 bridgehead atoms. The van der Waals surface area contributed by atoms with Crippen LogP contribution in [-0.2, 0) is 43.5 Å². The number of rotatable bonds is 12. The molecule has 12 aliphatic heterocycles. The van der Waals surface area contributed by atoms with Crippen molar-refractivity contribution in [3.63, 3.8) is 0 Å². The number of anilines is 9. The first-order valence-electron chi connectivity index (χ1n) is 47.9. The van der Waals surface area contributed by atoms with Crippen molar-refractivity contribution in [3.8, 4) is 35.3 Å². The van der Waals surface area contributed by atoms with Gasteiger partial charge in [-0.15, -0.1) is 0 Å². The number of carbonyl (C=O) groups excluding carboxylic acids is 7. The third-order valence-corrected chi connectivity index (χ3v) is 23.5. The van der Waals surface area contributed by atoms with E-state index in [9.17, 15) is 73.1 Å². The SMILES string of the molecule is CC1(C)CNC(=O)c2ccc(cc2)Nc2nc(nc(OCC(F)(F)F)n2)NCc2ccc(c(Cl)c2)OCCCN(C(=O)CCC(=O)OC(C)(C)C)C1.CC1(C)CNC(=O)c2ccc(cc2)Nc2nc(nc(OCC(F)(F)F)n2)NCc2ccc(c(Cl)c2)OCCCN(C(=O)[C@@H]2C[C@H]2c2ccccc2)C1.CCC(=O)N1CCCOc2ccc(cc2Cl)CNc2nc(nc(OCC(F)(F)F)n2)Nc2ccc(cc2)C(=O)NCC(C)(C)C1. The van der Waals surface area contributed by atoms with Gasteiger partial charge in [-0.2, -0.15) is 84.4 Å². The van der Waals surface area contributed by atoms with Gasteiger partial charge in [-0.1, -0.05) is 132 Å². The Kier molecular flexibility index (Phi) is 38.9. The van der Waals surface area contributed by atoms with Gasteiger partial charge < -0.3 is 95.7 Å². The number of halogens is 12. The minimum absolute atomic E-state index is 0.0103. The van der Waals surface area contributed by atoms with E-state index in [1.807, 2.05) is 71.6 Å². The number of nitrogens with one attached hydrogen (secondary N) is 9. The Balaban J connectivity index is 0.000000199. The Labute approximate surface area is 869 Å². The predicted octanol–water partition coefficient (Wildman–Crippen LogP) is 18.9. The third-order valence-electron chi connectivity index (χ3n) is 22.6. The van der Waals surface area contributed by atoms with E-state index in [0.29, 0.717) is 156 Å². The lowest BCUT2D eigenvalue weighted by Crippen LogP contribution is -2.45. The molecule has 7 aromatic carbocycles. The van der Waals surface area contributed by atoms with E-state index in [2.05, 4.69) is 105 Å². The summed E-state index contributed by atoms with van der Waals surface area (Å²) in [6.45, 7) is 18.7. The maximum atomic E-state index is 13.9. The minimum atomic E-state index is -4.61. The van der Waals surface area contributed by atoms with Crippen LogP contribution < -0.4 is 76.3 Å². The van der Waals surface area contributed by atoms with Crippen molar-refractivity contribution in [1.29, 1.82) is 0 Å². The number of nitrogens with zero attached hydrogens (tertiary/aromatic N) is 12. The van der Waals surface area contributed by atoms with Crippen LogP contribution in [0, 0.1) is 22.2 Å². The molecule has 1 fully saturated rings. The average molecular weight is 2140 g/mol. The summed E-state index contributed by atoms with van der Waals surface area (Å²) < 4.78 is 153. The first-order valence-corrected chi connectivity index (χ1v) is 49.0. The lowest BCUT2D eigenvalue weighted by Gasteiger charge is -2.33. The molecule has 798 valence electrons. The Morgan fingerprint density at radius 3 is 1.05 bits per heavy atom. The molecule has 15 heterocycles. The second-order valence-electron chi connectivity index (χ2n) is 38.8. The topological polar surface area (TPSA) is 418 Å². The zero-order valence-electron chi connectivity index (χ0n) is 83.5. The molecule has 23 rings (SSSR count). The molecule has 13 aliphatic rings. The lowest BCUT2D eigenvalue weighted by atomic mass is 9.92. The quantitative estimate of drug-likeness (QED) is 0.0405. The molecular formula is C102H117Cl3F9N21O14. The Hall–Kier alpha value is -14.3. The van der Waals surface area contributed by atoms with E-state index in [1.54, 1.807) is 158 Å². The van der Waals surface area contributed by atoms with Gasteiger partial charge in [0.1, 0.15) is 22.8 Å². The summed E-state index contributed by atoms with van der Waals surface area (Å²) in [5.74, 6) is -0.528. The number of alkyl halides is 9. The molecule has 1 aliphatic carbocycles. The molecule has 47 heteroatoms. The second kappa shape index (κ2) is 51.1. The van der Waals surface area contributed by atoms with Gasteiger partial charge in [-0.3, -0.25) is 33.6 Å². The van der Waals surface area contributed by atoms with E-state index in [-0.39, 0.29) is 135 Å². The number of esters is 1. The fourth-order valence-electron chi connectivity index (χ4n) is 15.4. The van der Waals surface area contributed by atoms with E-state index in [4.69, 9.17) is 68.0 Å². The zero-order chi connectivity index (χ0) is 108. The summed E-state index contributed by atoms with van der Waals surface area (Å²) in [6.07, 6.45) is -11.2. The number of benzene rings is 7. The standard InChI is InChI=1S/C37H39ClF3N7O4.C35H43ClF3N7O6.C30H35ClF3N7O4/c1-36(2)20-43-31(49)25-10-12-26(13-11-25)44-34-45-33(46-35(47-34)52-22-37(39,40)41)42-19-23-9-14-30(29(38)17-23)51-16-6-15-48(21-36)32(50)28-18-27(28)24-7-4-3-5-8-24;1-33(2,3)52-28(48)14-13-27(47)46-15-6-16-50-26-12-7-22(17-25(26)36)18-40-30-43-31(45-32(44-30)51-21-35(37,38)39)42-24-10-8-23(9-11-24)29(49)41-19-34(4,5)20-46;1-4-24(42)41-12-5-13-44-23-11-6-19(14-22(23)31)15-35-26-38-27(40-28(39-26)45-18-30(32,33)34)37-21-9-7-20(8-10-21)25(43)36-16-29(2,3)17-41/h3-5,7-14,17,27-28H,6,15-16,18-22H2,1-2H3,(H,43,49)(H2,42,44,45,46,47);7-12,17H,6,13-16,18-21H2,1-5H3,(H,41,49)(H2,40,42,43,44,45);6-11,14H,4-5,12-13,15-18H2,1-3H3,(H,36,43)(H2,35,37,38,39,40)/t27-,28+;;/m0../s1. The van der Waals surface area contributed by atoms with Crippen LogP contribution in [-0.4, -0.2) is 224 Å². The average Bonchev–Trinajstić information content (AvgIpc) is 1.63. The third kappa shape index (κ3) is 37.8. The van der Waals surface area contributed by atoms with Gasteiger partial charge in [0.15, 0.2) is 19.8 Å². The van der Waals surface area contributed by atoms with Gasteiger partial charge in [0.05, 0.1) is 41.3 Å². The first kappa shape index (κ1) is 113. The summed E-state index contributed by atoms with van der Waals surface area (Å²) in [4.78, 5) is 133. The van der Waals surface area contributed by atoms with Crippen LogP contribution in [0.15, 0.2) is 158 Å². The number of carbonyl (C=O) groups is 7. The summed E-state index contributed by atoms with van der Waals surface area (Å²) in [7, 11) is 0. The monoisotopic (exact) mass is 2140 g/mol. The number of hydrogen-bond donors (Lipinski definition) is 9. The molecule has 3 aromatic heterocycles. The summed E-state index contributed by atoms with van der Waals surface area (Å²) in [5, 5.41) is 27.5. The molecule has 0 radical (unpaired) electrons. The largest absolute Gasteiger partial charge is 0.492 e. The van der Waals surface area contributed by atoms with Crippen LogP contribution in [0.5, 0.6) is 35.3 Å². The number of aromatic nitrogens is 9. The van der Waals surface area contributed by atoms with Crippen molar-refractivity contribution in [3.05, 3.63) is 212 Å². The molecule has 10 aromatic rings. The van der Waals surface area contributed by atoms with Crippen molar-refractivity contribution in [2.75, 3.05) is 130 Å². The summed E-state index contributed by atoms with van der Waals surface area (Å²) >= 11 is 19.5. The highest BCUT2D eigenvalue weighted by atomic mass is 35.5. The van der Waals surface area contributed by atoms with Crippen LogP contribution in [0.1, 0.15) is 173 Å². The van der Waals surface area contributed by atoms with E-state index >= 15 is 0 Å². The van der Waals surface area contributed by atoms with Gasteiger partial charge in [-0.25, -0.2) is 0 Å². The van der Waals surface area contributed by atoms with Gasteiger partial charge in [0, 0.05) is 131 Å². The molecule has 0 spiro atoms. The summed E-state index contributed by atoms with van der Waals surface area (Å²) in [5.41, 5.74) is 3.68. The van der Waals surface area contributed by atoms with Gasteiger partial charge in [0.2, 0.25) is 53.4 Å². The van der Waals surface area contributed by atoms with E-state index in [0.717, 1.165) is 23.1 Å². The molecule has 2 atom stereocenters. The second-order valence-corrected chi connectivity index (χ2v) is 40.0. The van der Waals surface area contributed by atoms with Crippen molar-refractivity contribution < 1.29 is 106 Å². The van der Waals surface area contributed by atoms with Crippen molar-refractivity contribution in [2.24, 2.45) is 22.2 Å². The summed E-state index contributed by atoms with van der Waals surface area (Å²) in [6, 6.07) is 43.1. The van der Waals surface area contributed by atoms with Gasteiger partial charge in [-0.05, 0) is 200 Å². The zero-order valence-corrected chi connectivity index (χ0v) is 85.7. The minimum Gasteiger partial charge on any atom is -0.492 e. The molecule has 149 heavy (non-hydrogen) atoms. The first-order chi connectivity index (χ1) is 70.5. The number of hydrogen-bond acceptors (Lipinski definition) is 29. The van der Waals surface area contributed by atoms with Crippen molar-refractivity contribution in [1.82, 2.24) is 75.5 Å². The smallest absolute Gasteiger partial charge is 0.422 e. The highest BCUT2D eigenvalue weighted by Gasteiger charge is 2.47. The van der Waals surface area contributed by atoms with Crippen molar-refractivity contribution >= 4 is 129 Å². The predicted molar refractivity (Wildman–Crippen MR) is 541 cm³/mol. The molecular weight excluding hydrogens is 2020 g/mol. The Morgan fingerprint density at radius 1 is 0.409 bits per heavy atom. The molecule has 0 unspecified atom stereocenters. The maximum Gasteiger partial charge on any atom is 0.422 e. The number of ether oxygens (including phenoxy) is 7. The van der Waals surface area contributed by atoms with Crippen LogP contribution in [0.25, 0.3) is 0 Å². The van der Waals surface area contributed by atoms with E-state index in [1.165, 1.54) is 0 Å². The van der Waals surface area contributed by atoms with Gasteiger partial charge >= 0.3 is 42.5 Å². The highest BCUT2D eigenvalue weighted by Crippen LogP contribution is 2.49. The molecule has 35 nitrogen and oxygen atoms in total.